The molecule has 0 spiro atoms. The van der Waals surface area contributed by atoms with Crippen molar-refractivity contribution >= 4 is 0 Å². The van der Waals surface area contributed by atoms with Crippen LogP contribution in [-0.2, 0) is 0 Å². The van der Waals surface area contributed by atoms with Crippen LogP contribution in [0, 0.1) is 35.2 Å². The van der Waals surface area contributed by atoms with Crippen LogP contribution in [0.2, 0.25) is 0 Å². The average molecular weight is 161 g/mol. The fourth-order valence-corrected chi connectivity index (χ4v) is 0.840. The van der Waals surface area contributed by atoms with E-state index in [1.165, 1.54) is 0 Å². The van der Waals surface area contributed by atoms with E-state index in [2.05, 4.69) is 10.9 Å². The molecule has 0 aliphatic rings. The van der Waals surface area contributed by atoms with Crippen LogP contribution in [0.5, 0.6) is 0 Å². The highest BCUT2D eigenvalue weighted by Crippen LogP contribution is 2.09. The van der Waals surface area contributed by atoms with E-state index < -0.39 is 6.04 Å². The summed E-state index contributed by atoms with van der Waals surface area (Å²) in [4.78, 5) is 3.14. The van der Waals surface area contributed by atoms with Gasteiger partial charge in [-0.15, -0.1) is 0 Å². The summed E-state index contributed by atoms with van der Waals surface area (Å²) in [6, 6.07) is 3.50. The molecule has 0 rings (SSSR count). The van der Waals surface area contributed by atoms with Gasteiger partial charge < -0.3 is 0 Å². The smallest absolute Gasteiger partial charge is 0.297 e. The molecule has 3 nitrogen and oxygen atoms in total. The van der Waals surface area contributed by atoms with Crippen LogP contribution in [0.3, 0.4) is 0 Å². The van der Waals surface area contributed by atoms with Crippen molar-refractivity contribution < 1.29 is 0 Å². The van der Waals surface area contributed by atoms with E-state index >= 15 is 0 Å². The predicted molar refractivity (Wildman–Crippen MR) is 44.6 cm³/mol. The minimum Gasteiger partial charge on any atom is -0.297 e. The highest BCUT2D eigenvalue weighted by molar-refractivity contribution is 4.98. The fourth-order valence-electron chi connectivity index (χ4n) is 0.840. The second kappa shape index (κ2) is 6.20. The Morgan fingerprint density at radius 1 is 1.33 bits per heavy atom. The molecule has 12 heavy (non-hydrogen) atoms. The number of hydrogen-bond donors (Lipinski definition) is 0. The first-order chi connectivity index (χ1) is 5.74. The number of nitriles is 2. The highest BCUT2D eigenvalue weighted by atomic mass is 14.7. The second-order valence-corrected chi connectivity index (χ2v) is 2.74. The number of nitrogens with zero attached hydrogens (tertiary/aromatic N) is 3. The second-order valence-electron chi connectivity index (χ2n) is 2.74. The zero-order valence-corrected chi connectivity index (χ0v) is 7.12. The lowest BCUT2D eigenvalue weighted by molar-refractivity contribution is 0.587. The van der Waals surface area contributed by atoms with Crippen molar-refractivity contribution in [3.8, 4) is 12.1 Å². The van der Waals surface area contributed by atoms with Gasteiger partial charge in [0.25, 0.3) is 0 Å². The van der Waals surface area contributed by atoms with Gasteiger partial charge in [0.1, 0.15) is 0 Å². The third-order valence-corrected chi connectivity index (χ3v) is 1.64. The maximum absolute atomic E-state index is 8.44. The third-order valence-electron chi connectivity index (χ3n) is 1.64. The van der Waals surface area contributed by atoms with Crippen LogP contribution >= 0.6 is 0 Å². The highest BCUT2D eigenvalue weighted by Gasteiger charge is 2.10. The van der Waals surface area contributed by atoms with Crippen molar-refractivity contribution in [2.75, 3.05) is 0 Å². The van der Waals surface area contributed by atoms with Crippen LogP contribution in [0.25, 0.3) is 4.85 Å². The molecule has 0 saturated heterocycles. The van der Waals surface area contributed by atoms with Crippen molar-refractivity contribution in [3.63, 3.8) is 0 Å². The van der Waals surface area contributed by atoms with Gasteiger partial charge in [-0.25, -0.2) is 6.57 Å². The van der Waals surface area contributed by atoms with E-state index in [1.54, 1.807) is 0 Å². The Morgan fingerprint density at radius 3 is 2.42 bits per heavy atom. The Morgan fingerprint density at radius 2 is 2.00 bits per heavy atom. The molecule has 0 N–H and O–H groups in total. The van der Waals surface area contributed by atoms with Gasteiger partial charge in [0.2, 0.25) is 0 Å². The molecular weight excluding hydrogens is 150 g/mol. The molecule has 0 aromatic rings. The maximum atomic E-state index is 8.44. The minimum atomic E-state index is -0.518. The molecule has 62 valence electrons. The zero-order chi connectivity index (χ0) is 9.40. The maximum Gasteiger partial charge on any atom is 0.307 e. The molecule has 0 saturated carbocycles. The van der Waals surface area contributed by atoms with Gasteiger partial charge in [-0.2, -0.15) is 10.5 Å². The van der Waals surface area contributed by atoms with Gasteiger partial charge in [0, 0.05) is 12.3 Å². The molecule has 0 radical (unpaired) electrons. The van der Waals surface area contributed by atoms with Crippen LogP contribution in [0.15, 0.2) is 0 Å². The quantitative estimate of drug-likeness (QED) is 0.593. The van der Waals surface area contributed by atoms with Gasteiger partial charge in [-0.3, -0.25) is 4.85 Å². The largest absolute Gasteiger partial charge is 0.307 e. The summed E-state index contributed by atoms with van der Waals surface area (Å²) in [5.74, 6) is 0.0371. The Hall–Kier alpha value is -1.53. The van der Waals surface area contributed by atoms with E-state index in [9.17, 15) is 0 Å². The SMILES string of the molecule is [C-]#[N+]C(C#N)CCCC(C)C#N. The Kier molecular flexibility index (Phi) is 5.41. The lowest BCUT2D eigenvalue weighted by Crippen LogP contribution is -1.99. The molecule has 0 heterocycles. The molecule has 0 aliphatic heterocycles. The Labute approximate surface area is 73.0 Å². The van der Waals surface area contributed by atoms with Gasteiger partial charge in [0.05, 0.1) is 6.07 Å². The summed E-state index contributed by atoms with van der Waals surface area (Å²) in [6.07, 6.45) is 2.16. The van der Waals surface area contributed by atoms with Crippen molar-refractivity contribution in [2.45, 2.75) is 32.2 Å². The molecule has 0 aromatic heterocycles. The topological polar surface area (TPSA) is 51.9 Å². The van der Waals surface area contributed by atoms with Crippen LogP contribution in [0.4, 0.5) is 0 Å². The van der Waals surface area contributed by atoms with Crippen molar-refractivity contribution in [1.82, 2.24) is 0 Å². The summed E-state index contributed by atoms with van der Waals surface area (Å²) >= 11 is 0. The van der Waals surface area contributed by atoms with Crippen molar-refractivity contribution in [3.05, 3.63) is 11.4 Å². The molecule has 2 unspecified atom stereocenters. The first-order valence-corrected chi connectivity index (χ1v) is 3.90. The van der Waals surface area contributed by atoms with Crippen LogP contribution in [0.1, 0.15) is 26.2 Å². The number of hydrogen-bond acceptors (Lipinski definition) is 2. The first kappa shape index (κ1) is 10.5. The molecular formula is C9H11N3. The summed E-state index contributed by atoms with van der Waals surface area (Å²) in [6.45, 7) is 8.47. The fraction of sp³-hybridized carbons (Fsp3) is 0.667. The first-order valence-electron chi connectivity index (χ1n) is 3.90. The standard InChI is InChI=1S/C9H11N3/c1-8(6-10)4-3-5-9(7-11)12-2/h8-9H,3-5H2,1H3. The monoisotopic (exact) mass is 161 g/mol. The predicted octanol–water partition coefficient (Wildman–Crippen LogP) is 2.13. The van der Waals surface area contributed by atoms with Crippen molar-refractivity contribution in [1.29, 1.82) is 10.5 Å². The molecule has 3 heteroatoms. The van der Waals surface area contributed by atoms with E-state index in [1.807, 2.05) is 13.0 Å². The third kappa shape index (κ3) is 4.31. The van der Waals surface area contributed by atoms with Crippen LogP contribution < -0.4 is 0 Å². The normalized spacial score (nSPS) is 13.5. The van der Waals surface area contributed by atoms with E-state index in [0.29, 0.717) is 6.42 Å². The lowest BCUT2D eigenvalue weighted by atomic mass is 10.0. The Bertz CT molecular complexity index is 224. The molecule has 0 fully saturated rings. The summed E-state index contributed by atoms with van der Waals surface area (Å²) in [7, 11) is 0. The van der Waals surface area contributed by atoms with Gasteiger partial charge in [0.15, 0.2) is 6.07 Å². The number of rotatable bonds is 4. The summed E-state index contributed by atoms with van der Waals surface area (Å²) in [5.41, 5.74) is 0. The summed E-state index contributed by atoms with van der Waals surface area (Å²) < 4.78 is 0. The molecule has 2 atom stereocenters. The minimum absolute atomic E-state index is 0.0371. The van der Waals surface area contributed by atoms with E-state index in [4.69, 9.17) is 17.1 Å². The molecule has 0 amide bonds. The Balaban J connectivity index is 3.53. The van der Waals surface area contributed by atoms with Crippen molar-refractivity contribution in [2.24, 2.45) is 5.92 Å². The lowest BCUT2D eigenvalue weighted by Gasteiger charge is -1.99. The average Bonchev–Trinajstić information content (AvgIpc) is 2.12. The van der Waals surface area contributed by atoms with Gasteiger partial charge in [-0.1, -0.05) is 0 Å². The molecule has 0 aromatic carbocycles. The zero-order valence-electron chi connectivity index (χ0n) is 7.12. The summed E-state index contributed by atoms with van der Waals surface area (Å²) in [5, 5.41) is 16.9. The molecule has 0 bridgehead atoms. The molecule has 0 aliphatic carbocycles. The van der Waals surface area contributed by atoms with E-state index in [-0.39, 0.29) is 5.92 Å². The van der Waals surface area contributed by atoms with Crippen LogP contribution in [-0.4, -0.2) is 6.04 Å². The van der Waals surface area contributed by atoms with E-state index in [0.717, 1.165) is 12.8 Å². The van der Waals surface area contributed by atoms with Gasteiger partial charge >= 0.3 is 6.04 Å². The van der Waals surface area contributed by atoms with Gasteiger partial charge in [-0.05, 0) is 19.8 Å².